The van der Waals surface area contributed by atoms with E-state index in [-0.39, 0.29) is 30.8 Å². The number of nitrogens with one attached hydrogen (secondary N) is 2. The molecule has 0 bridgehead atoms. The van der Waals surface area contributed by atoms with E-state index >= 15 is 0 Å². The summed E-state index contributed by atoms with van der Waals surface area (Å²) < 4.78 is 25.3. The number of nitrogens with zero attached hydrogens (tertiary/aromatic N) is 1. The van der Waals surface area contributed by atoms with Crippen molar-refractivity contribution in [3.8, 4) is 0 Å². The van der Waals surface area contributed by atoms with Crippen LogP contribution in [0.5, 0.6) is 0 Å². The minimum atomic E-state index is -3.52. The zero-order valence-corrected chi connectivity index (χ0v) is 15.1. The average Bonchev–Trinajstić information content (AvgIpc) is 2.73. The molecule has 1 aromatic carbocycles. The second-order valence-corrected chi connectivity index (χ2v) is 8.65. The maximum absolute atomic E-state index is 12.7. The third-order valence-corrected chi connectivity index (χ3v) is 6.78. The van der Waals surface area contributed by atoms with Crippen molar-refractivity contribution in [1.29, 1.82) is 0 Å². The lowest BCUT2D eigenvalue weighted by atomic mass is 10.1. The number of carbonyl (C=O) groups is 1. The molecule has 1 saturated heterocycles. The number of sulfone groups is 1. The van der Waals surface area contributed by atoms with Crippen LogP contribution in [-0.4, -0.2) is 48.0 Å². The molecule has 2 heterocycles. The van der Waals surface area contributed by atoms with Crippen molar-refractivity contribution in [3.05, 3.63) is 67.4 Å². The van der Waals surface area contributed by atoms with Crippen LogP contribution in [-0.2, 0) is 9.84 Å². The largest absolute Gasteiger partial charge is 0.337 e. The van der Waals surface area contributed by atoms with Gasteiger partial charge in [-0.05, 0) is 18.1 Å². The number of aromatic nitrogens is 2. The van der Waals surface area contributed by atoms with E-state index in [0.717, 1.165) is 6.20 Å². The summed E-state index contributed by atoms with van der Waals surface area (Å²) in [5, 5.41) is -0.458. The van der Waals surface area contributed by atoms with Gasteiger partial charge in [0.1, 0.15) is 5.56 Å². The summed E-state index contributed by atoms with van der Waals surface area (Å²) >= 11 is 6.14. The molecule has 3 rings (SSSR count). The Kier molecular flexibility index (Phi) is 5.01. The summed E-state index contributed by atoms with van der Waals surface area (Å²) in [5.74, 6) is -0.867. The predicted molar refractivity (Wildman–Crippen MR) is 96.2 cm³/mol. The molecule has 1 fully saturated rings. The first kappa shape index (κ1) is 18.4. The van der Waals surface area contributed by atoms with Crippen LogP contribution < -0.4 is 11.2 Å². The molecule has 2 N–H and O–H groups in total. The average molecular weight is 398 g/mol. The highest BCUT2D eigenvalue weighted by atomic mass is 35.5. The van der Waals surface area contributed by atoms with Gasteiger partial charge in [-0.2, -0.15) is 0 Å². The number of benzene rings is 1. The van der Waals surface area contributed by atoms with Crippen molar-refractivity contribution in [2.24, 2.45) is 0 Å². The van der Waals surface area contributed by atoms with Gasteiger partial charge >= 0.3 is 5.69 Å². The van der Waals surface area contributed by atoms with Crippen molar-refractivity contribution in [2.45, 2.75) is 11.7 Å². The van der Waals surface area contributed by atoms with Crippen LogP contribution >= 0.6 is 11.6 Å². The van der Waals surface area contributed by atoms with E-state index in [4.69, 9.17) is 11.6 Å². The van der Waals surface area contributed by atoms with Gasteiger partial charge in [0.15, 0.2) is 9.84 Å². The summed E-state index contributed by atoms with van der Waals surface area (Å²) in [6.45, 7) is 0.104. The molecule has 26 heavy (non-hydrogen) atoms. The molecule has 8 nitrogen and oxygen atoms in total. The van der Waals surface area contributed by atoms with Gasteiger partial charge in [0, 0.05) is 24.3 Å². The van der Waals surface area contributed by atoms with E-state index in [1.54, 1.807) is 24.3 Å². The normalized spacial score (nSPS) is 19.7. The molecular formula is C16H16ClN3O5S. The standard InChI is InChI=1S/C16H16ClN3O5S/c17-12-4-2-1-3-10(12)13-5-6-20(7-8-26(13,24)25)15(22)11-9-18-16(23)19-14(11)21/h1-4,9,13H,5-8H2,(H2,18,19,21,23)/t13-/m0/s1. The highest BCUT2D eigenvalue weighted by Gasteiger charge is 2.34. The number of aromatic amines is 2. The molecule has 1 amide bonds. The van der Waals surface area contributed by atoms with Crippen molar-refractivity contribution in [1.82, 2.24) is 14.9 Å². The fourth-order valence-electron chi connectivity index (χ4n) is 2.97. The smallest absolute Gasteiger partial charge is 0.325 e. The van der Waals surface area contributed by atoms with Crippen LogP contribution in [0.25, 0.3) is 0 Å². The Morgan fingerprint density at radius 1 is 1.19 bits per heavy atom. The molecule has 10 heteroatoms. The maximum atomic E-state index is 12.7. The Morgan fingerprint density at radius 3 is 2.62 bits per heavy atom. The Labute approximate surface area is 153 Å². The molecule has 1 aliphatic heterocycles. The first-order valence-corrected chi connectivity index (χ1v) is 9.96. The number of hydrogen-bond acceptors (Lipinski definition) is 5. The molecular weight excluding hydrogens is 382 g/mol. The van der Waals surface area contributed by atoms with E-state index in [1.165, 1.54) is 4.90 Å². The van der Waals surface area contributed by atoms with Gasteiger partial charge < -0.3 is 9.88 Å². The van der Waals surface area contributed by atoms with Crippen LogP contribution in [0, 0.1) is 0 Å². The number of H-pyrrole nitrogens is 2. The molecule has 0 saturated carbocycles. The molecule has 0 radical (unpaired) electrons. The SMILES string of the molecule is O=C(c1c[nH]c(=O)[nH]c1=O)N1CC[C@@H](c2ccccc2Cl)S(=O)(=O)CC1. The summed E-state index contributed by atoms with van der Waals surface area (Å²) in [5.41, 5.74) is -1.26. The van der Waals surface area contributed by atoms with Crippen LogP contribution in [0.4, 0.5) is 0 Å². The van der Waals surface area contributed by atoms with Gasteiger partial charge in [-0.15, -0.1) is 0 Å². The summed E-state index contributed by atoms with van der Waals surface area (Å²) in [4.78, 5) is 41.0. The highest BCUT2D eigenvalue weighted by molar-refractivity contribution is 7.91. The van der Waals surface area contributed by atoms with E-state index in [9.17, 15) is 22.8 Å². The third kappa shape index (κ3) is 3.58. The molecule has 0 spiro atoms. The van der Waals surface area contributed by atoms with Crippen molar-refractivity contribution >= 4 is 27.3 Å². The lowest BCUT2D eigenvalue weighted by Gasteiger charge is -2.19. The van der Waals surface area contributed by atoms with Gasteiger partial charge in [0.25, 0.3) is 11.5 Å². The van der Waals surface area contributed by atoms with E-state index in [0.29, 0.717) is 10.6 Å². The first-order valence-electron chi connectivity index (χ1n) is 7.87. The number of hydrogen-bond donors (Lipinski definition) is 2. The molecule has 0 unspecified atom stereocenters. The molecule has 138 valence electrons. The minimum absolute atomic E-state index is 0.0410. The Balaban J connectivity index is 1.89. The monoisotopic (exact) mass is 397 g/mol. The van der Waals surface area contributed by atoms with Crippen LogP contribution in [0.2, 0.25) is 5.02 Å². The highest BCUT2D eigenvalue weighted by Crippen LogP contribution is 2.33. The fourth-order valence-corrected chi connectivity index (χ4v) is 5.12. The van der Waals surface area contributed by atoms with E-state index < -0.39 is 32.2 Å². The molecule has 2 aromatic rings. The quantitative estimate of drug-likeness (QED) is 0.773. The van der Waals surface area contributed by atoms with Crippen molar-refractivity contribution in [2.75, 3.05) is 18.8 Å². The van der Waals surface area contributed by atoms with Crippen LogP contribution in [0.1, 0.15) is 27.6 Å². The summed E-state index contributed by atoms with van der Waals surface area (Å²) in [6, 6.07) is 6.71. The van der Waals surface area contributed by atoms with Crippen molar-refractivity contribution < 1.29 is 13.2 Å². The number of carbonyl (C=O) groups excluding carboxylic acids is 1. The number of halogens is 1. The van der Waals surface area contributed by atoms with Crippen LogP contribution in [0.3, 0.4) is 0 Å². The molecule has 1 atom stereocenters. The first-order chi connectivity index (χ1) is 12.3. The predicted octanol–water partition coefficient (Wildman–Crippen LogP) is 0.719. The Bertz CT molecular complexity index is 1060. The third-order valence-electron chi connectivity index (χ3n) is 4.33. The molecule has 1 aliphatic rings. The minimum Gasteiger partial charge on any atom is -0.337 e. The Morgan fingerprint density at radius 2 is 1.92 bits per heavy atom. The lowest BCUT2D eigenvalue weighted by Crippen LogP contribution is -2.38. The van der Waals surface area contributed by atoms with Gasteiger partial charge in [0.05, 0.1) is 11.0 Å². The van der Waals surface area contributed by atoms with Gasteiger partial charge in [-0.25, -0.2) is 13.2 Å². The molecule has 0 aliphatic carbocycles. The van der Waals surface area contributed by atoms with E-state index in [2.05, 4.69) is 4.98 Å². The van der Waals surface area contributed by atoms with Crippen LogP contribution in [0.15, 0.2) is 40.1 Å². The lowest BCUT2D eigenvalue weighted by molar-refractivity contribution is 0.0764. The maximum Gasteiger partial charge on any atom is 0.325 e. The number of rotatable bonds is 2. The fraction of sp³-hybridized carbons (Fsp3) is 0.312. The Hall–Kier alpha value is -2.39. The topological polar surface area (TPSA) is 120 Å². The second-order valence-electron chi connectivity index (χ2n) is 5.94. The van der Waals surface area contributed by atoms with Crippen molar-refractivity contribution in [3.63, 3.8) is 0 Å². The number of amides is 1. The van der Waals surface area contributed by atoms with E-state index in [1.807, 2.05) is 4.98 Å². The van der Waals surface area contributed by atoms with Gasteiger partial charge in [0.2, 0.25) is 0 Å². The zero-order chi connectivity index (χ0) is 18.9. The molecule has 1 aromatic heterocycles. The van der Waals surface area contributed by atoms with Gasteiger partial charge in [-0.3, -0.25) is 14.6 Å². The summed E-state index contributed by atoms with van der Waals surface area (Å²) in [7, 11) is -3.52. The second kappa shape index (κ2) is 7.08. The van der Waals surface area contributed by atoms with Gasteiger partial charge in [-0.1, -0.05) is 29.8 Å². The summed E-state index contributed by atoms with van der Waals surface area (Å²) in [6.07, 6.45) is 1.20. The zero-order valence-electron chi connectivity index (χ0n) is 13.6.